The van der Waals surface area contributed by atoms with Gasteiger partial charge < -0.3 is 5.32 Å². The molecule has 0 aliphatic heterocycles. The molecular weight excluding hydrogens is 242 g/mol. The average molecular weight is 254 g/mol. The maximum Gasteiger partial charge on any atom is 0.129 e. The van der Waals surface area contributed by atoms with E-state index >= 15 is 0 Å². The largest absolute Gasteiger partial charge is 0.376 e. The average Bonchev–Trinajstić information content (AvgIpc) is 2.68. The molecule has 0 amide bonds. The van der Waals surface area contributed by atoms with E-state index in [1.54, 1.807) is 23.6 Å². The Balaban J connectivity index is 2.07. The Morgan fingerprint density at radius 2 is 2.25 bits per heavy atom. The van der Waals surface area contributed by atoms with Gasteiger partial charge in [0.1, 0.15) is 5.15 Å². The van der Waals surface area contributed by atoms with Crippen molar-refractivity contribution in [3.63, 3.8) is 0 Å². The van der Waals surface area contributed by atoms with Gasteiger partial charge in [0.05, 0.1) is 28.6 Å². The van der Waals surface area contributed by atoms with Crippen LogP contribution in [0.3, 0.4) is 0 Å². The lowest BCUT2D eigenvalue weighted by molar-refractivity contribution is 0.844. The van der Waals surface area contributed by atoms with Crippen molar-refractivity contribution in [3.8, 4) is 0 Å². The Kier molecular flexibility index (Phi) is 3.41. The van der Waals surface area contributed by atoms with Gasteiger partial charge in [0.25, 0.3) is 0 Å². The first-order valence-corrected chi connectivity index (χ1v) is 6.21. The van der Waals surface area contributed by atoms with Gasteiger partial charge in [0.2, 0.25) is 0 Å². The second-order valence-electron chi connectivity index (χ2n) is 3.53. The number of pyridine rings is 1. The zero-order valence-corrected chi connectivity index (χ0v) is 10.6. The van der Waals surface area contributed by atoms with E-state index < -0.39 is 0 Å². The van der Waals surface area contributed by atoms with Crippen molar-refractivity contribution in [1.29, 1.82) is 0 Å². The molecule has 0 bridgehead atoms. The molecule has 0 fully saturated rings. The van der Waals surface area contributed by atoms with Gasteiger partial charge in [-0.25, -0.2) is 9.97 Å². The van der Waals surface area contributed by atoms with Crippen LogP contribution in [0.5, 0.6) is 0 Å². The number of aryl methyl sites for hydroxylation is 1. The lowest BCUT2D eigenvalue weighted by Crippen LogP contribution is -2.07. The van der Waals surface area contributed by atoms with E-state index in [4.69, 9.17) is 11.6 Å². The summed E-state index contributed by atoms with van der Waals surface area (Å²) in [6.07, 6.45) is 1.72. The van der Waals surface area contributed by atoms with Crippen LogP contribution in [-0.2, 0) is 0 Å². The third-order valence-electron chi connectivity index (χ3n) is 2.19. The molecule has 2 heterocycles. The summed E-state index contributed by atoms with van der Waals surface area (Å²) in [6, 6.07) is 3.85. The second kappa shape index (κ2) is 4.80. The second-order valence-corrected chi connectivity index (χ2v) is 4.98. The van der Waals surface area contributed by atoms with Gasteiger partial charge >= 0.3 is 0 Å². The zero-order chi connectivity index (χ0) is 11.5. The van der Waals surface area contributed by atoms with Crippen molar-refractivity contribution in [2.45, 2.75) is 19.9 Å². The van der Waals surface area contributed by atoms with Crippen molar-refractivity contribution in [1.82, 2.24) is 9.97 Å². The number of halogens is 1. The fraction of sp³-hybridized carbons (Fsp3) is 0.273. The molecule has 0 saturated heterocycles. The third-order valence-corrected chi connectivity index (χ3v) is 3.21. The van der Waals surface area contributed by atoms with Crippen LogP contribution in [0.25, 0.3) is 0 Å². The standard InChI is InChI=1S/C11H12ClN3S/c1-7(10-6-16-8(2)15-10)14-9-3-4-11(12)13-5-9/h3-7,14H,1-2H3. The highest BCUT2D eigenvalue weighted by molar-refractivity contribution is 7.09. The lowest BCUT2D eigenvalue weighted by Gasteiger charge is -2.12. The molecule has 1 N–H and O–H groups in total. The molecule has 16 heavy (non-hydrogen) atoms. The van der Waals surface area contributed by atoms with Crippen molar-refractivity contribution in [2.24, 2.45) is 0 Å². The Labute approximate surface area is 104 Å². The molecule has 5 heteroatoms. The van der Waals surface area contributed by atoms with E-state index in [-0.39, 0.29) is 6.04 Å². The van der Waals surface area contributed by atoms with Gasteiger partial charge in [-0.1, -0.05) is 11.6 Å². The Morgan fingerprint density at radius 1 is 1.44 bits per heavy atom. The Bertz CT molecular complexity index is 466. The van der Waals surface area contributed by atoms with Gasteiger partial charge in [-0.3, -0.25) is 0 Å². The Morgan fingerprint density at radius 3 is 2.81 bits per heavy atom. The van der Waals surface area contributed by atoms with Crippen LogP contribution >= 0.6 is 22.9 Å². The summed E-state index contributed by atoms with van der Waals surface area (Å²) in [5.41, 5.74) is 2.00. The molecule has 0 radical (unpaired) electrons. The molecule has 2 aromatic heterocycles. The van der Waals surface area contributed by atoms with E-state index in [0.717, 1.165) is 16.4 Å². The zero-order valence-electron chi connectivity index (χ0n) is 9.07. The van der Waals surface area contributed by atoms with Crippen LogP contribution in [0.15, 0.2) is 23.7 Å². The molecule has 0 spiro atoms. The topological polar surface area (TPSA) is 37.8 Å². The van der Waals surface area contributed by atoms with Crippen molar-refractivity contribution in [2.75, 3.05) is 5.32 Å². The summed E-state index contributed by atoms with van der Waals surface area (Å²) >= 11 is 7.38. The molecule has 0 saturated carbocycles. The van der Waals surface area contributed by atoms with Crippen LogP contribution < -0.4 is 5.32 Å². The summed E-state index contributed by atoms with van der Waals surface area (Å²) in [4.78, 5) is 8.45. The third kappa shape index (κ3) is 2.71. The number of rotatable bonds is 3. The SMILES string of the molecule is Cc1nc(C(C)Nc2ccc(Cl)nc2)cs1. The summed E-state index contributed by atoms with van der Waals surface area (Å²) < 4.78 is 0. The number of hydrogen-bond acceptors (Lipinski definition) is 4. The maximum absolute atomic E-state index is 5.72. The van der Waals surface area contributed by atoms with Crippen molar-refractivity contribution < 1.29 is 0 Å². The van der Waals surface area contributed by atoms with E-state index in [1.807, 2.05) is 13.0 Å². The van der Waals surface area contributed by atoms with Gasteiger partial charge in [-0.15, -0.1) is 11.3 Å². The Hall–Kier alpha value is -1.13. The molecule has 0 aliphatic carbocycles. The van der Waals surface area contributed by atoms with Crippen LogP contribution in [-0.4, -0.2) is 9.97 Å². The predicted octanol–water partition coefficient (Wildman–Crippen LogP) is 3.67. The van der Waals surface area contributed by atoms with E-state index in [0.29, 0.717) is 5.15 Å². The predicted molar refractivity (Wildman–Crippen MR) is 68.1 cm³/mol. The normalized spacial score (nSPS) is 12.4. The van der Waals surface area contributed by atoms with E-state index in [9.17, 15) is 0 Å². The summed E-state index contributed by atoms with van der Waals surface area (Å²) in [5.74, 6) is 0. The molecular formula is C11H12ClN3S. The van der Waals surface area contributed by atoms with E-state index in [1.165, 1.54) is 0 Å². The molecule has 1 atom stereocenters. The van der Waals surface area contributed by atoms with Crippen molar-refractivity contribution >= 4 is 28.6 Å². The molecule has 2 aromatic rings. The summed E-state index contributed by atoms with van der Waals surface area (Å²) in [6.45, 7) is 4.08. The van der Waals surface area contributed by atoms with Crippen LogP contribution in [0.1, 0.15) is 23.7 Å². The molecule has 0 aromatic carbocycles. The summed E-state index contributed by atoms with van der Waals surface area (Å²) in [7, 11) is 0. The number of nitrogens with one attached hydrogen (secondary N) is 1. The summed E-state index contributed by atoms with van der Waals surface area (Å²) in [5, 5.41) is 6.97. The first-order valence-electron chi connectivity index (χ1n) is 4.95. The number of thiazole rings is 1. The molecule has 0 aliphatic rings. The van der Waals surface area contributed by atoms with Crippen LogP contribution in [0.4, 0.5) is 5.69 Å². The number of anilines is 1. The van der Waals surface area contributed by atoms with E-state index in [2.05, 4.69) is 27.6 Å². The van der Waals surface area contributed by atoms with Gasteiger partial charge in [0.15, 0.2) is 0 Å². The highest BCUT2D eigenvalue weighted by Gasteiger charge is 2.08. The fourth-order valence-electron chi connectivity index (χ4n) is 1.36. The highest BCUT2D eigenvalue weighted by Crippen LogP contribution is 2.20. The van der Waals surface area contributed by atoms with Gasteiger partial charge in [-0.2, -0.15) is 0 Å². The molecule has 3 nitrogen and oxygen atoms in total. The van der Waals surface area contributed by atoms with Gasteiger partial charge in [0, 0.05) is 5.38 Å². The quantitative estimate of drug-likeness (QED) is 0.848. The fourth-order valence-corrected chi connectivity index (χ4v) is 2.18. The van der Waals surface area contributed by atoms with Crippen molar-refractivity contribution in [3.05, 3.63) is 39.6 Å². The minimum absolute atomic E-state index is 0.174. The van der Waals surface area contributed by atoms with Gasteiger partial charge in [-0.05, 0) is 26.0 Å². The molecule has 2 rings (SSSR count). The minimum atomic E-state index is 0.174. The highest BCUT2D eigenvalue weighted by atomic mass is 35.5. The monoisotopic (exact) mass is 253 g/mol. The van der Waals surface area contributed by atoms with Crippen LogP contribution in [0.2, 0.25) is 5.15 Å². The smallest absolute Gasteiger partial charge is 0.129 e. The van der Waals surface area contributed by atoms with Crippen LogP contribution in [0, 0.1) is 6.92 Å². The lowest BCUT2D eigenvalue weighted by atomic mass is 10.2. The number of nitrogens with zero attached hydrogens (tertiary/aromatic N) is 2. The molecule has 1 unspecified atom stereocenters. The number of aromatic nitrogens is 2. The number of hydrogen-bond donors (Lipinski definition) is 1. The maximum atomic E-state index is 5.72. The minimum Gasteiger partial charge on any atom is -0.376 e. The first kappa shape index (κ1) is 11.4. The first-order chi connectivity index (χ1) is 7.65. The molecule has 84 valence electrons.